The summed E-state index contributed by atoms with van der Waals surface area (Å²) in [5, 5.41) is 5.01. The van der Waals surface area contributed by atoms with Gasteiger partial charge in [-0.1, -0.05) is 0 Å². The lowest BCUT2D eigenvalue weighted by Crippen LogP contribution is -2.26. The fourth-order valence-electron chi connectivity index (χ4n) is 3.62. The van der Waals surface area contributed by atoms with Gasteiger partial charge in [0.1, 0.15) is 17.0 Å². The fourth-order valence-corrected chi connectivity index (χ4v) is 3.62. The third kappa shape index (κ3) is 4.22. The van der Waals surface area contributed by atoms with Gasteiger partial charge in [0.15, 0.2) is 5.75 Å². The van der Waals surface area contributed by atoms with E-state index in [1.807, 2.05) is 24.1 Å². The average Bonchev–Trinajstić information content (AvgIpc) is 3.32. The fraction of sp³-hybridized carbons (Fsp3) is 0.318. The predicted octanol–water partition coefficient (Wildman–Crippen LogP) is 2.86. The van der Waals surface area contributed by atoms with Crippen LogP contribution < -0.4 is 15.2 Å². The topological polar surface area (TPSA) is 99.7 Å². The molecule has 0 bridgehead atoms. The van der Waals surface area contributed by atoms with Crippen LogP contribution in [-0.4, -0.2) is 46.2 Å². The number of aromatic nitrogens is 2. The minimum absolute atomic E-state index is 0.236. The largest absolute Gasteiger partial charge is 0.494 e. The van der Waals surface area contributed by atoms with E-state index in [0.29, 0.717) is 30.1 Å². The zero-order valence-electron chi connectivity index (χ0n) is 16.8. The van der Waals surface area contributed by atoms with Crippen LogP contribution in [0.4, 0.5) is 0 Å². The summed E-state index contributed by atoms with van der Waals surface area (Å²) in [5.74, 6) is 1.55. The number of amides is 2. The Morgan fingerprint density at radius 1 is 1.20 bits per heavy atom. The van der Waals surface area contributed by atoms with Crippen molar-refractivity contribution in [2.24, 2.45) is 12.8 Å². The third-order valence-electron chi connectivity index (χ3n) is 5.15. The molecule has 1 fully saturated rings. The van der Waals surface area contributed by atoms with Crippen molar-refractivity contribution in [3.05, 3.63) is 48.2 Å². The lowest BCUT2D eigenvalue weighted by atomic mass is 10.1. The number of hydrogen-bond acceptors (Lipinski definition) is 5. The summed E-state index contributed by atoms with van der Waals surface area (Å²) in [5.41, 5.74) is 6.58. The quantitative estimate of drug-likeness (QED) is 0.578. The van der Waals surface area contributed by atoms with Crippen LogP contribution >= 0.6 is 0 Å². The molecule has 2 heterocycles. The first-order valence-electron chi connectivity index (χ1n) is 9.95. The van der Waals surface area contributed by atoms with Crippen molar-refractivity contribution in [2.45, 2.75) is 19.3 Å². The Hall–Kier alpha value is -3.55. The molecule has 0 saturated carbocycles. The zero-order chi connectivity index (χ0) is 21.1. The van der Waals surface area contributed by atoms with Crippen LogP contribution in [0.15, 0.2) is 42.6 Å². The van der Waals surface area contributed by atoms with Gasteiger partial charge < -0.3 is 20.1 Å². The third-order valence-corrected chi connectivity index (χ3v) is 5.15. The summed E-state index contributed by atoms with van der Waals surface area (Å²) < 4.78 is 13.5. The molecule has 4 rings (SSSR count). The van der Waals surface area contributed by atoms with Gasteiger partial charge in [-0.15, -0.1) is 0 Å². The highest BCUT2D eigenvalue weighted by molar-refractivity contribution is 5.99. The van der Waals surface area contributed by atoms with Gasteiger partial charge in [-0.05, 0) is 49.2 Å². The van der Waals surface area contributed by atoms with Gasteiger partial charge in [-0.3, -0.25) is 14.3 Å². The van der Waals surface area contributed by atoms with Crippen LogP contribution in [0.1, 0.15) is 29.6 Å². The summed E-state index contributed by atoms with van der Waals surface area (Å²) in [6.07, 6.45) is 4.08. The highest BCUT2D eigenvalue weighted by Crippen LogP contribution is 2.32. The number of rotatable bonds is 8. The second kappa shape index (κ2) is 8.44. The molecular weight excluding hydrogens is 384 g/mol. The molecule has 156 valence electrons. The van der Waals surface area contributed by atoms with Crippen molar-refractivity contribution in [1.29, 1.82) is 0 Å². The summed E-state index contributed by atoms with van der Waals surface area (Å²) in [4.78, 5) is 25.1. The summed E-state index contributed by atoms with van der Waals surface area (Å²) in [6.45, 7) is 2.13. The number of primary amides is 1. The Balaban J connectivity index is 1.39. The maximum atomic E-state index is 11.6. The van der Waals surface area contributed by atoms with Crippen LogP contribution in [0.2, 0.25) is 0 Å². The minimum atomic E-state index is -0.523. The van der Waals surface area contributed by atoms with E-state index in [9.17, 15) is 9.59 Å². The molecule has 0 atom stereocenters. The van der Waals surface area contributed by atoms with E-state index in [4.69, 9.17) is 15.2 Å². The van der Waals surface area contributed by atoms with E-state index in [1.54, 1.807) is 35.1 Å². The molecule has 2 amide bonds. The van der Waals surface area contributed by atoms with E-state index in [0.717, 1.165) is 42.6 Å². The van der Waals surface area contributed by atoms with E-state index in [1.165, 1.54) is 0 Å². The van der Waals surface area contributed by atoms with Gasteiger partial charge in [-0.25, -0.2) is 0 Å². The molecule has 0 radical (unpaired) electrons. The first-order valence-corrected chi connectivity index (χ1v) is 9.95. The molecule has 8 nitrogen and oxygen atoms in total. The molecule has 0 unspecified atom stereocenters. The van der Waals surface area contributed by atoms with Gasteiger partial charge in [-0.2, -0.15) is 5.10 Å². The molecule has 3 aromatic rings. The van der Waals surface area contributed by atoms with Gasteiger partial charge >= 0.3 is 0 Å². The first kappa shape index (κ1) is 19.8. The number of ether oxygens (including phenoxy) is 2. The van der Waals surface area contributed by atoms with Crippen LogP contribution in [0.25, 0.3) is 10.9 Å². The van der Waals surface area contributed by atoms with Crippen molar-refractivity contribution >= 4 is 22.7 Å². The minimum Gasteiger partial charge on any atom is -0.494 e. The van der Waals surface area contributed by atoms with E-state index in [2.05, 4.69) is 5.10 Å². The van der Waals surface area contributed by atoms with Gasteiger partial charge in [0.2, 0.25) is 11.8 Å². The molecule has 8 heteroatoms. The number of likely N-dealkylation sites (tertiary alicyclic amines) is 1. The Labute approximate surface area is 174 Å². The first-order chi connectivity index (χ1) is 14.5. The highest BCUT2D eigenvalue weighted by Gasteiger charge is 2.19. The molecule has 2 aromatic carbocycles. The number of hydrogen-bond donors (Lipinski definition) is 1. The smallest absolute Gasteiger partial charge is 0.248 e. The second-order valence-electron chi connectivity index (χ2n) is 7.30. The molecule has 1 aliphatic heterocycles. The van der Waals surface area contributed by atoms with Crippen molar-refractivity contribution < 1.29 is 19.1 Å². The average molecular weight is 408 g/mol. The van der Waals surface area contributed by atoms with Gasteiger partial charge in [0, 0.05) is 37.5 Å². The number of carbonyl (C=O) groups is 2. The lowest BCUT2D eigenvalue weighted by Gasteiger charge is -2.15. The number of nitrogens with two attached hydrogens (primary N) is 1. The van der Waals surface area contributed by atoms with Crippen molar-refractivity contribution in [2.75, 3.05) is 19.7 Å². The summed E-state index contributed by atoms with van der Waals surface area (Å²) in [7, 11) is 1.81. The molecule has 30 heavy (non-hydrogen) atoms. The molecule has 2 N–H and O–H groups in total. The predicted molar refractivity (Wildman–Crippen MR) is 112 cm³/mol. The molecule has 0 aliphatic carbocycles. The van der Waals surface area contributed by atoms with E-state index >= 15 is 0 Å². The Bertz CT molecular complexity index is 1070. The van der Waals surface area contributed by atoms with Crippen LogP contribution in [0, 0.1) is 0 Å². The molecule has 1 aromatic heterocycles. The number of aryl methyl sites for hydroxylation is 1. The zero-order valence-corrected chi connectivity index (χ0v) is 16.8. The standard InChI is InChI=1S/C22H24N4O4/c1-25-21-16(14-24-25)12-15(22(23)28)13-19(21)30-18-7-5-17(6-8-18)29-11-3-10-26-9-2-4-20(26)27/h5-8,12-14H,2-4,9-11H2,1H3,(H2,23,28). The summed E-state index contributed by atoms with van der Waals surface area (Å²) >= 11 is 0. The Morgan fingerprint density at radius 3 is 2.67 bits per heavy atom. The number of benzene rings is 2. The Kier molecular flexibility index (Phi) is 5.56. The number of fused-ring (bicyclic) bond motifs is 1. The van der Waals surface area contributed by atoms with E-state index < -0.39 is 5.91 Å². The molecule has 1 aliphatic rings. The number of carbonyl (C=O) groups excluding carboxylic acids is 2. The van der Waals surface area contributed by atoms with Crippen LogP contribution in [0.5, 0.6) is 17.2 Å². The maximum Gasteiger partial charge on any atom is 0.248 e. The van der Waals surface area contributed by atoms with Gasteiger partial charge in [0.25, 0.3) is 0 Å². The van der Waals surface area contributed by atoms with Crippen molar-refractivity contribution in [1.82, 2.24) is 14.7 Å². The molecule has 1 saturated heterocycles. The van der Waals surface area contributed by atoms with Crippen molar-refractivity contribution in [3.8, 4) is 17.2 Å². The normalized spacial score (nSPS) is 13.8. The van der Waals surface area contributed by atoms with Crippen LogP contribution in [-0.2, 0) is 11.8 Å². The summed E-state index contributed by atoms with van der Waals surface area (Å²) in [6, 6.07) is 10.6. The highest BCUT2D eigenvalue weighted by atomic mass is 16.5. The van der Waals surface area contributed by atoms with Gasteiger partial charge in [0.05, 0.1) is 12.8 Å². The van der Waals surface area contributed by atoms with Crippen LogP contribution in [0.3, 0.4) is 0 Å². The second-order valence-corrected chi connectivity index (χ2v) is 7.30. The SMILES string of the molecule is Cn1ncc2cc(C(N)=O)cc(Oc3ccc(OCCCN4CCCC4=O)cc3)c21. The monoisotopic (exact) mass is 408 g/mol. The van der Waals surface area contributed by atoms with Crippen molar-refractivity contribution in [3.63, 3.8) is 0 Å². The van der Waals surface area contributed by atoms with E-state index in [-0.39, 0.29) is 5.91 Å². The molecular formula is C22H24N4O4. The molecule has 0 spiro atoms. The Morgan fingerprint density at radius 2 is 1.97 bits per heavy atom. The number of nitrogens with zero attached hydrogens (tertiary/aromatic N) is 3. The maximum absolute atomic E-state index is 11.6. The lowest BCUT2D eigenvalue weighted by molar-refractivity contribution is -0.127.